The summed E-state index contributed by atoms with van der Waals surface area (Å²) >= 11 is 0. The van der Waals surface area contributed by atoms with Crippen LogP contribution in [0.4, 0.5) is 0 Å². The van der Waals surface area contributed by atoms with Gasteiger partial charge in [-0.05, 0) is 36.9 Å². The highest BCUT2D eigenvalue weighted by Gasteiger charge is 2.28. The smallest absolute Gasteiger partial charge is 0.261 e. The van der Waals surface area contributed by atoms with E-state index in [4.69, 9.17) is 0 Å². The Balaban J connectivity index is 1.98. The highest BCUT2D eigenvalue weighted by molar-refractivity contribution is 5.97. The van der Waals surface area contributed by atoms with Gasteiger partial charge in [-0.25, -0.2) is 0 Å². The van der Waals surface area contributed by atoms with E-state index in [1.807, 2.05) is 36.1 Å². The van der Waals surface area contributed by atoms with Crippen LogP contribution in [0.5, 0.6) is 0 Å². The fourth-order valence-corrected chi connectivity index (χ4v) is 3.06. The first-order chi connectivity index (χ1) is 10.7. The molecular formula is C17H21N3O2. The molecule has 1 aromatic heterocycles. The summed E-state index contributed by atoms with van der Waals surface area (Å²) in [4.78, 5) is 29.8. The van der Waals surface area contributed by atoms with Gasteiger partial charge in [0.05, 0.1) is 0 Å². The molecule has 1 atom stereocenters. The Morgan fingerprint density at radius 2 is 2.18 bits per heavy atom. The summed E-state index contributed by atoms with van der Waals surface area (Å²) in [5.41, 5.74) is 0.684. The summed E-state index contributed by atoms with van der Waals surface area (Å²) in [6.45, 7) is 4.45. The third-order valence-electron chi connectivity index (χ3n) is 4.18. The second-order valence-electron chi connectivity index (χ2n) is 5.74. The van der Waals surface area contributed by atoms with E-state index in [0.29, 0.717) is 6.54 Å². The van der Waals surface area contributed by atoms with Crippen LogP contribution in [0.3, 0.4) is 0 Å². The standard InChI is InChI=1S/C17H21N3O2/c1-2-9-20(13-7-8-18-11-13)17(22)14-10-12-5-3-4-6-15(12)19-16(14)21/h3-6,10,13,18H,2,7-9,11H2,1H3,(H,19,21). The van der Waals surface area contributed by atoms with Crippen molar-refractivity contribution in [2.75, 3.05) is 19.6 Å². The van der Waals surface area contributed by atoms with Crippen molar-refractivity contribution in [3.05, 3.63) is 46.2 Å². The molecule has 0 saturated carbocycles. The molecule has 0 bridgehead atoms. The number of nitrogens with zero attached hydrogens (tertiary/aromatic N) is 1. The summed E-state index contributed by atoms with van der Waals surface area (Å²) in [7, 11) is 0. The van der Waals surface area contributed by atoms with Crippen molar-refractivity contribution < 1.29 is 4.79 Å². The first kappa shape index (κ1) is 14.8. The lowest BCUT2D eigenvalue weighted by molar-refractivity contribution is 0.0690. The van der Waals surface area contributed by atoms with Gasteiger partial charge in [-0.2, -0.15) is 0 Å². The SMILES string of the molecule is CCCN(C(=O)c1cc2ccccc2[nH]c1=O)C1CCNC1. The van der Waals surface area contributed by atoms with Gasteiger partial charge in [-0.3, -0.25) is 9.59 Å². The van der Waals surface area contributed by atoms with Crippen LogP contribution in [-0.2, 0) is 0 Å². The molecule has 116 valence electrons. The van der Waals surface area contributed by atoms with Crippen molar-refractivity contribution in [2.45, 2.75) is 25.8 Å². The van der Waals surface area contributed by atoms with Crippen LogP contribution in [0, 0.1) is 0 Å². The predicted molar refractivity (Wildman–Crippen MR) is 87.2 cm³/mol. The Bertz CT molecular complexity index is 732. The number of nitrogens with one attached hydrogen (secondary N) is 2. The third kappa shape index (κ3) is 2.76. The number of aromatic nitrogens is 1. The quantitative estimate of drug-likeness (QED) is 0.904. The summed E-state index contributed by atoms with van der Waals surface area (Å²) in [6.07, 6.45) is 1.82. The zero-order valence-electron chi connectivity index (χ0n) is 12.8. The molecule has 1 saturated heterocycles. The molecule has 0 spiro atoms. The first-order valence-corrected chi connectivity index (χ1v) is 7.84. The Morgan fingerprint density at radius 1 is 1.36 bits per heavy atom. The molecule has 0 aliphatic carbocycles. The number of carbonyl (C=O) groups is 1. The molecule has 2 N–H and O–H groups in total. The Kier molecular flexibility index (Phi) is 4.24. The van der Waals surface area contributed by atoms with Gasteiger partial charge in [0.1, 0.15) is 5.56 Å². The first-order valence-electron chi connectivity index (χ1n) is 7.84. The number of H-pyrrole nitrogens is 1. The van der Waals surface area contributed by atoms with E-state index >= 15 is 0 Å². The van der Waals surface area contributed by atoms with Crippen LogP contribution in [-0.4, -0.2) is 41.5 Å². The van der Waals surface area contributed by atoms with Crippen LogP contribution in [0.25, 0.3) is 10.9 Å². The van der Waals surface area contributed by atoms with Crippen molar-refractivity contribution in [2.24, 2.45) is 0 Å². The van der Waals surface area contributed by atoms with E-state index in [0.717, 1.165) is 36.8 Å². The number of pyridine rings is 1. The number of fused-ring (bicyclic) bond motifs is 1. The van der Waals surface area contributed by atoms with Crippen molar-refractivity contribution in [1.29, 1.82) is 0 Å². The van der Waals surface area contributed by atoms with Gasteiger partial charge in [-0.15, -0.1) is 0 Å². The fourth-order valence-electron chi connectivity index (χ4n) is 3.06. The van der Waals surface area contributed by atoms with Gasteiger partial charge in [0.15, 0.2) is 0 Å². The largest absolute Gasteiger partial charge is 0.334 e. The van der Waals surface area contributed by atoms with E-state index in [-0.39, 0.29) is 23.1 Å². The average Bonchev–Trinajstić information content (AvgIpc) is 3.05. The van der Waals surface area contributed by atoms with Gasteiger partial charge in [0, 0.05) is 24.6 Å². The molecule has 1 aromatic carbocycles. The lowest BCUT2D eigenvalue weighted by Crippen LogP contribution is -2.43. The maximum Gasteiger partial charge on any atom is 0.261 e. The highest BCUT2D eigenvalue weighted by atomic mass is 16.2. The summed E-state index contributed by atoms with van der Waals surface area (Å²) < 4.78 is 0. The lowest BCUT2D eigenvalue weighted by Gasteiger charge is -2.28. The van der Waals surface area contributed by atoms with E-state index < -0.39 is 0 Å². The Labute approximate surface area is 129 Å². The molecule has 3 rings (SSSR count). The van der Waals surface area contributed by atoms with Crippen molar-refractivity contribution >= 4 is 16.8 Å². The Morgan fingerprint density at radius 3 is 2.91 bits per heavy atom. The van der Waals surface area contributed by atoms with Gasteiger partial charge >= 0.3 is 0 Å². The number of para-hydroxylation sites is 1. The summed E-state index contributed by atoms with van der Waals surface area (Å²) in [5, 5.41) is 4.16. The van der Waals surface area contributed by atoms with Gasteiger partial charge in [0.2, 0.25) is 0 Å². The molecule has 1 fully saturated rings. The molecule has 5 nitrogen and oxygen atoms in total. The summed E-state index contributed by atoms with van der Waals surface area (Å²) in [5.74, 6) is -0.164. The number of carbonyl (C=O) groups excluding carboxylic acids is 1. The fraction of sp³-hybridized carbons (Fsp3) is 0.412. The van der Waals surface area contributed by atoms with Crippen molar-refractivity contribution in [1.82, 2.24) is 15.2 Å². The molecule has 1 unspecified atom stereocenters. The number of amides is 1. The second kappa shape index (κ2) is 6.32. The number of benzene rings is 1. The lowest BCUT2D eigenvalue weighted by atomic mass is 10.1. The van der Waals surface area contributed by atoms with Crippen LogP contribution < -0.4 is 10.9 Å². The van der Waals surface area contributed by atoms with E-state index in [9.17, 15) is 9.59 Å². The van der Waals surface area contributed by atoms with Crippen LogP contribution in [0.1, 0.15) is 30.1 Å². The van der Waals surface area contributed by atoms with Gasteiger partial charge in [-0.1, -0.05) is 25.1 Å². The predicted octanol–water partition coefficient (Wildman–Crippen LogP) is 1.74. The highest BCUT2D eigenvalue weighted by Crippen LogP contribution is 2.15. The average molecular weight is 299 g/mol. The monoisotopic (exact) mass is 299 g/mol. The number of aromatic amines is 1. The maximum absolute atomic E-state index is 12.9. The molecule has 2 heterocycles. The van der Waals surface area contributed by atoms with Gasteiger partial charge in [0.25, 0.3) is 11.5 Å². The third-order valence-corrected chi connectivity index (χ3v) is 4.18. The second-order valence-corrected chi connectivity index (χ2v) is 5.74. The van der Waals surface area contributed by atoms with Crippen molar-refractivity contribution in [3.8, 4) is 0 Å². The summed E-state index contributed by atoms with van der Waals surface area (Å²) in [6, 6.07) is 9.41. The minimum absolute atomic E-state index is 0.164. The number of hydrogen-bond donors (Lipinski definition) is 2. The minimum atomic E-state index is -0.309. The molecule has 1 amide bonds. The molecule has 1 aliphatic heterocycles. The van der Waals surface area contributed by atoms with E-state index in [1.54, 1.807) is 6.07 Å². The van der Waals surface area contributed by atoms with E-state index in [1.165, 1.54) is 0 Å². The van der Waals surface area contributed by atoms with Crippen molar-refractivity contribution in [3.63, 3.8) is 0 Å². The Hall–Kier alpha value is -2.14. The molecule has 2 aromatic rings. The maximum atomic E-state index is 12.9. The van der Waals surface area contributed by atoms with Crippen LogP contribution >= 0.6 is 0 Å². The molecule has 22 heavy (non-hydrogen) atoms. The zero-order chi connectivity index (χ0) is 15.5. The zero-order valence-corrected chi connectivity index (χ0v) is 12.8. The molecule has 1 aliphatic rings. The molecule has 0 radical (unpaired) electrons. The molecular weight excluding hydrogens is 278 g/mol. The van der Waals surface area contributed by atoms with Crippen LogP contribution in [0.2, 0.25) is 0 Å². The van der Waals surface area contributed by atoms with E-state index in [2.05, 4.69) is 10.3 Å². The number of hydrogen-bond acceptors (Lipinski definition) is 3. The topological polar surface area (TPSA) is 65.2 Å². The number of rotatable bonds is 4. The minimum Gasteiger partial charge on any atom is -0.334 e. The normalized spacial score (nSPS) is 17.8. The molecule has 5 heteroatoms. The van der Waals surface area contributed by atoms with Gasteiger partial charge < -0.3 is 15.2 Å². The van der Waals surface area contributed by atoms with Crippen LogP contribution in [0.15, 0.2) is 35.1 Å².